The van der Waals surface area contributed by atoms with E-state index in [0.717, 1.165) is 6.42 Å². The molecule has 0 aliphatic carbocycles. The fraction of sp³-hybridized carbons (Fsp3) is 1.00. The summed E-state index contributed by atoms with van der Waals surface area (Å²) in [7, 11) is 1.44. The SMILES string of the molecule is CCCCCCCCCCCCCCCCCCOCC(C)(OC)S(=O)O. The molecule has 0 aliphatic heterocycles. The van der Waals surface area contributed by atoms with Crippen molar-refractivity contribution in [1.82, 2.24) is 0 Å². The Hall–Kier alpha value is 0.0300. The number of rotatable bonds is 21. The van der Waals surface area contributed by atoms with Crippen LogP contribution in [0.25, 0.3) is 0 Å². The van der Waals surface area contributed by atoms with Crippen molar-refractivity contribution in [3.05, 3.63) is 0 Å². The van der Waals surface area contributed by atoms with E-state index in [9.17, 15) is 8.76 Å². The van der Waals surface area contributed by atoms with E-state index in [4.69, 9.17) is 9.47 Å². The predicted molar refractivity (Wildman–Crippen MR) is 117 cm³/mol. The predicted octanol–water partition coefficient (Wildman–Crippen LogP) is 6.85. The van der Waals surface area contributed by atoms with Crippen molar-refractivity contribution in [3.8, 4) is 0 Å². The fourth-order valence-electron chi connectivity index (χ4n) is 3.19. The van der Waals surface area contributed by atoms with Crippen molar-refractivity contribution in [2.45, 2.75) is 122 Å². The molecule has 0 spiro atoms. The molecule has 0 heterocycles. The molecular weight excluding hydrogens is 360 g/mol. The molecule has 2 unspecified atom stereocenters. The Balaban J connectivity index is 3.20. The molecule has 0 saturated carbocycles. The molecule has 0 saturated heterocycles. The second-order valence-corrected chi connectivity index (χ2v) is 9.30. The van der Waals surface area contributed by atoms with Crippen LogP contribution in [-0.2, 0) is 20.6 Å². The maximum absolute atomic E-state index is 11.2. The Morgan fingerprint density at radius 2 is 1.11 bits per heavy atom. The highest BCUT2D eigenvalue weighted by atomic mass is 32.2. The van der Waals surface area contributed by atoms with Crippen molar-refractivity contribution >= 4 is 11.1 Å². The van der Waals surface area contributed by atoms with E-state index in [1.807, 2.05) is 0 Å². The highest BCUT2D eigenvalue weighted by Crippen LogP contribution is 2.15. The number of hydrogen-bond acceptors (Lipinski definition) is 3. The van der Waals surface area contributed by atoms with E-state index in [1.54, 1.807) is 6.92 Å². The summed E-state index contributed by atoms with van der Waals surface area (Å²) in [5.74, 6) is 0. The molecule has 1 N–H and O–H groups in total. The Morgan fingerprint density at radius 1 is 0.741 bits per heavy atom. The normalized spacial score (nSPS) is 15.0. The largest absolute Gasteiger partial charge is 0.377 e. The lowest BCUT2D eigenvalue weighted by Crippen LogP contribution is -2.38. The van der Waals surface area contributed by atoms with Crippen LogP contribution < -0.4 is 0 Å². The number of ether oxygens (including phenoxy) is 2. The zero-order chi connectivity index (χ0) is 20.2. The van der Waals surface area contributed by atoms with E-state index in [2.05, 4.69) is 6.92 Å². The summed E-state index contributed by atoms with van der Waals surface area (Å²) >= 11 is -2.04. The Bertz CT molecular complexity index is 338. The molecule has 0 aromatic heterocycles. The van der Waals surface area contributed by atoms with Gasteiger partial charge >= 0.3 is 0 Å². The van der Waals surface area contributed by atoms with Gasteiger partial charge in [-0.25, -0.2) is 4.21 Å². The van der Waals surface area contributed by atoms with Crippen LogP contribution in [0.1, 0.15) is 117 Å². The van der Waals surface area contributed by atoms with Gasteiger partial charge in [0, 0.05) is 13.7 Å². The van der Waals surface area contributed by atoms with Crippen LogP contribution in [0, 0.1) is 0 Å². The number of methoxy groups -OCH3 is 1. The van der Waals surface area contributed by atoms with Crippen LogP contribution in [-0.4, -0.2) is 34.0 Å². The van der Waals surface area contributed by atoms with Gasteiger partial charge in [-0.1, -0.05) is 103 Å². The zero-order valence-corrected chi connectivity index (χ0v) is 19.1. The summed E-state index contributed by atoms with van der Waals surface area (Å²) in [5.41, 5.74) is 0. The molecule has 4 nitrogen and oxygen atoms in total. The lowest BCUT2D eigenvalue weighted by molar-refractivity contribution is -0.0112. The highest BCUT2D eigenvalue weighted by Gasteiger charge is 2.31. The minimum absolute atomic E-state index is 0.158. The maximum Gasteiger partial charge on any atom is 0.188 e. The van der Waals surface area contributed by atoms with Crippen molar-refractivity contribution in [1.29, 1.82) is 0 Å². The standard InChI is InChI=1S/C22H46O4S/c1-4-5-6-7-8-9-10-11-12-13-14-15-16-17-18-19-20-26-21-22(2,25-3)27(23)24/h4-21H2,1-3H3,(H,23,24). The summed E-state index contributed by atoms with van der Waals surface area (Å²) in [6.07, 6.45) is 21.6. The van der Waals surface area contributed by atoms with Gasteiger partial charge in [0.15, 0.2) is 16.0 Å². The average molecular weight is 407 g/mol. The molecule has 0 aliphatic rings. The van der Waals surface area contributed by atoms with Gasteiger partial charge in [0.2, 0.25) is 0 Å². The fourth-order valence-corrected chi connectivity index (χ4v) is 3.52. The third-order valence-electron chi connectivity index (χ3n) is 5.31. The minimum Gasteiger partial charge on any atom is -0.377 e. The molecule has 5 heteroatoms. The van der Waals surface area contributed by atoms with Crippen molar-refractivity contribution in [3.63, 3.8) is 0 Å². The third kappa shape index (κ3) is 16.7. The van der Waals surface area contributed by atoms with Gasteiger partial charge in [-0.3, -0.25) is 0 Å². The van der Waals surface area contributed by atoms with Crippen LogP contribution in [0.5, 0.6) is 0 Å². The van der Waals surface area contributed by atoms with Crippen molar-refractivity contribution in [2.24, 2.45) is 0 Å². The third-order valence-corrected chi connectivity index (χ3v) is 6.33. The molecule has 0 amide bonds. The summed E-state index contributed by atoms with van der Waals surface area (Å²) in [4.78, 5) is -1.12. The monoisotopic (exact) mass is 406 g/mol. The van der Waals surface area contributed by atoms with Gasteiger partial charge < -0.3 is 14.0 Å². The smallest absolute Gasteiger partial charge is 0.188 e. The first-order valence-electron chi connectivity index (χ1n) is 11.3. The minimum atomic E-state index is -2.04. The lowest BCUT2D eigenvalue weighted by Gasteiger charge is -2.23. The first kappa shape index (κ1) is 27.0. The molecule has 0 aromatic rings. The quantitative estimate of drug-likeness (QED) is 0.167. The average Bonchev–Trinajstić information content (AvgIpc) is 2.66. The molecule has 27 heavy (non-hydrogen) atoms. The van der Waals surface area contributed by atoms with Crippen LogP contribution in [0.4, 0.5) is 0 Å². The molecule has 0 radical (unpaired) electrons. The first-order valence-corrected chi connectivity index (χ1v) is 12.4. The Labute approximate surface area is 171 Å². The van der Waals surface area contributed by atoms with Crippen LogP contribution in [0.2, 0.25) is 0 Å². The summed E-state index contributed by atoms with van der Waals surface area (Å²) in [6, 6.07) is 0. The van der Waals surface area contributed by atoms with Gasteiger partial charge in [0.05, 0.1) is 6.61 Å². The van der Waals surface area contributed by atoms with Gasteiger partial charge in [0.25, 0.3) is 0 Å². The highest BCUT2D eigenvalue weighted by molar-refractivity contribution is 7.80. The molecule has 164 valence electrons. The van der Waals surface area contributed by atoms with Gasteiger partial charge in [-0.2, -0.15) is 0 Å². The molecule has 0 fully saturated rings. The molecular formula is C22H46O4S. The van der Waals surface area contributed by atoms with Crippen molar-refractivity contribution in [2.75, 3.05) is 20.3 Å². The second-order valence-electron chi connectivity index (χ2n) is 7.94. The van der Waals surface area contributed by atoms with E-state index in [-0.39, 0.29) is 6.61 Å². The van der Waals surface area contributed by atoms with E-state index in [0.29, 0.717) is 6.61 Å². The van der Waals surface area contributed by atoms with E-state index in [1.165, 1.54) is 103 Å². The molecule has 0 aromatic carbocycles. The Morgan fingerprint density at radius 3 is 1.44 bits per heavy atom. The van der Waals surface area contributed by atoms with Gasteiger partial charge in [-0.15, -0.1) is 0 Å². The summed E-state index contributed by atoms with van der Waals surface area (Å²) in [5, 5.41) is 0. The Kier molecular flexibility index (Phi) is 19.4. The van der Waals surface area contributed by atoms with E-state index < -0.39 is 16.0 Å². The molecule has 0 bridgehead atoms. The summed E-state index contributed by atoms with van der Waals surface area (Å²) < 4.78 is 30.9. The topological polar surface area (TPSA) is 55.8 Å². The summed E-state index contributed by atoms with van der Waals surface area (Å²) in [6.45, 7) is 4.66. The van der Waals surface area contributed by atoms with Gasteiger partial charge in [-0.05, 0) is 13.3 Å². The van der Waals surface area contributed by atoms with Crippen LogP contribution in [0.3, 0.4) is 0 Å². The second kappa shape index (κ2) is 19.4. The van der Waals surface area contributed by atoms with Crippen LogP contribution in [0.15, 0.2) is 0 Å². The van der Waals surface area contributed by atoms with Crippen LogP contribution >= 0.6 is 0 Å². The van der Waals surface area contributed by atoms with Gasteiger partial charge in [0.1, 0.15) is 0 Å². The number of hydrogen-bond donors (Lipinski definition) is 1. The maximum atomic E-state index is 11.2. The van der Waals surface area contributed by atoms with E-state index >= 15 is 0 Å². The number of unbranched alkanes of at least 4 members (excludes halogenated alkanes) is 15. The van der Waals surface area contributed by atoms with Crippen molar-refractivity contribution < 1.29 is 18.2 Å². The molecule has 2 atom stereocenters. The lowest BCUT2D eigenvalue weighted by atomic mass is 10.0. The first-order chi connectivity index (χ1) is 13.1. The molecule has 0 rings (SSSR count). The zero-order valence-electron chi connectivity index (χ0n) is 18.3.